The second-order valence-electron chi connectivity index (χ2n) is 4.14. The molecule has 1 heterocycles. The molecule has 19 heavy (non-hydrogen) atoms. The van der Waals surface area contributed by atoms with Crippen molar-refractivity contribution >= 4 is 11.9 Å². The molecule has 0 aliphatic rings. The van der Waals surface area contributed by atoms with Gasteiger partial charge in [-0.2, -0.15) is 4.98 Å². The van der Waals surface area contributed by atoms with Crippen LogP contribution in [0.4, 0.5) is 10.3 Å². The van der Waals surface area contributed by atoms with Gasteiger partial charge in [0.1, 0.15) is 18.2 Å². The third-order valence-corrected chi connectivity index (χ3v) is 2.52. The number of H-pyrrole nitrogens is 1. The van der Waals surface area contributed by atoms with Gasteiger partial charge in [0.15, 0.2) is 0 Å². The molecule has 0 radical (unpaired) electrons. The number of likely N-dealkylation sites (N-methyl/N-ethyl adjacent to an activating group) is 1. The van der Waals surface area contributed by atoms with Crippen molar-refractivity contribution in [2.75, 3.05) is 18.5 Å². The molecule has 0 amide bonds. The summed E-state index contributed by atoms with van der Waals surface area (Å²) < 4.78 is 12.8. The van der Waals surface area contributed by atoms with Gasteiger partial charge >= 0.3 is 5.97 Å². The lowest BCUT2D eigenvalue weighted by Gasteiger charge is -2.10. The predicted molar refractivity (Wildman–Crippen MR) is 66.5 cm³/mol. The Morgan fingerprint density at radius 2 is 2.11 bits per heavy atom. The van der Waals surface area contributed by atoms with E-state index in [9.17, 15) is 9.18 Å². The van der Waals surface area contributed by atoms with Crippen LogP contribution in [0.3, 0.4) is 0 Å². The van der Waals surface area contributed by atoms with Gasteiger partial charge in [-0.25, -0.2) is 4.39 Å². The molecule has 6 nitrogen and oxygen atoms in total. The fourth-order valence-electron chi connectivity index (χ4n) is 1.60. The molecule has 0 saturated carbocycles. The lowest BCUT2D eigenvalue weighted by atomic mass is 10.1. The summed E-state index contributed by atoms with van der Waals surface area (Å²) in [4.78, 5) is 16.2. The topological polar surface area (TPSA) is 82.1 Å². The predicted octanol–water partition coefficient (Wildman–Crippen LogP) is 1.06. The van der Waals surface area contributed by atoms with Gasteiger partial charge in [-0.05, 0) is 17.7 Å². The first kappa shape index (κ1) is 13.0. The number of hydrogen-bond acceptors (Lipinski definition) is 4. The Balaban J connectivity index is 2.04. The number of benzene rings is 1. The average Bonchev–Trinajstić information content (AvgIpc) is 2.80. The SMILES string of the molecule is CN(CC(=O)O)c1n[nH]c(Cc2ccc(F)cc2)n1. The number of hydrogen-bond donors (Lipinski definition) is 2. The minimum Gasteiger partial charge on any atom is -0.480 e. The Kier molecular flexibility index (Phi) is 3.74. The second kappa shape index (κ2) is 5.47. The number of aliphatic carboxylic acids is 1. The fourth-order valence-corrected chi connectivity index (χ4v) is 1.60. The number of anilines is 1. The quantitative estimate of drug-likeness (QED) is 0.843. The van der Waals surface area contributed by atoms with Crippen molar-refractivity contribution in [3.05, 3.63) is 41.5 Å². The van der Waals surface area contributed by atoms with Crippen molar-refractivity contribution < 1.29 is 14.3 Å². The number of carboxylic acid groups (broad SMARTS) is 1. The van der Waals surface area contributed by atoms with Crippen LogP contribution in [0.2, 0.25) is 0 Å². The first-order valence-corrected chi connectivity index (χ1v) is 5.63. The van der Waals surface area contributed by atoms with Crippen LogP contribution in [0.1, 0.15) is 11.4 Å². The van der Waals surface area contributed by atoms with Crippen molar-refractivity contribution in [3.8, 4) is 0 Å². The number of nitrogens with zero attached hydrogens (tertiary/aromatic N) is 3. The van der Waals surface area contributed by atoms with Gasteiger partial charge in [0.05, 0.1) is 0 Å². The monoisotopic (exact) mass is 264 g/mol. The van der Waals surface area contributed by atoms with Crippen LogP contribution in [0.25, 0.3) is 0 Å². The van der Waals surface area contributed by atoms with E-state index in [1.807, 2.05) is 0 Å². The molecule has 0 atom stereocenters. The fraction of sp³-hybridized carbons (Fsp3) is 0.250. The van der Waals surface area contributed by atoms with Crippen molar-refractivity contribution in [2.45, 2.75) is 6.42 Å². The zero-order valence-corrected chi connectivity index (χ0v) is 10.3. The minimum absolute atomic E-state index is 0.173. The molecule has 1 aromatic carbocycles. The number of aromatic amines is 1. The van der Waals surface area contributed by atoms with Crippen LogP contribution >= 0.6 is 0 Å². The molecule has 2 N–H and O–H groups in total. The van der Waals surface area contributed by atoms with E-state index in [0.717, 1.165) is 5.56 Å². The van der Waals surface area contributed by atoms with E-state index in [0.29, 0.717) is 18.2 Å². The van der Waals surface area contributed by atoms with Gasteiger partial charge in [-0.3, -0.25) is 9.89 Å². The van der Waals surface area contributed by atoms with Gasteiger partial charge in [0.2, 0.25) is 5.95 Å². The van der Waals surface area contributed by atoms with E-state index in [1.165, 1.54) is 17.0 Å². The molecular formula is C12H13FN4O2. The Hall–Kier alpha value is -2.44. The largest absolute Gasteiger partial charge is 0.480 e. The zero-order valence-electron chi connectivity index (χ0n) is 10.3. The molecule has 0 unspecified atom stereocenters. The molecule has 2 rings (SSSR count). The molecule has 0 fully saturated rings. The van der Waals surface area contributed by atoms with Crippen LogP contribution in [-0.2, 0) is 11.2 Å². The number of nitrogens with one attached hydrogen (secondary N) is 1. The number of carbonyl (C=O) groups is 1. The summed E-state index contributed by atoms with van der Waals surface area (Å²) in [5, 5.41) is 15.3. The summed E-state index contributed by atoms with van der Waals surface area (Å²) in [6.07, 6.45) is 0.480. The number of aromatic nitrogens is 3. The summed E-state index contributed by atoms with van der Waals surface area (Å²) in [7, 11) is 1.60. The van der Waals surface area contributed by atoms with Crippen LogP contribution in [-0.4, -0.2) is 39.8 Å². The Labute approximate surface area is 108 Å². The molecule has 0 bridgehead atoms. The highest BCUT2D eigenvalue weighted by atomic mass is 19.1. The lowest BCUT2D eigenvalue weighted by Crippen LogP contribution is -2.26. The van der Waals surface area contributed by atoms with Crippen molar-refractivity contribution in [1.82, 2.24) is 15.2 Å². The molecule has 100 valence electrons. The van der Waals surface area contributed by atoms with Gasteiger partial charge < -0.3 is 10.0 Å². The van der Waals surface area contributed by atoms with E-state index in [1.54, 1.807) is 19.2 Å². The molecule has 1 aromatic heterocycles. The molecule has 2 aromatic rings. The summed E-state index contributed by atoms with van der Waals surface area (Å²) in [5.74, 6) is -0.325. The van der Waals surface area contributed by atoms with Gasteiger partial charge in [0.25, 0.3) is 0 Å². The Bertz CT molecular complexity index is 567. The third-order valence-electron chi connectivity index (χ3n) is 2.52. The zero-order chi connectivity index (χ0) is 13.8. The maximum absolute atomic E-state index is 12.8. The van der Waals surface area contributed by atoms with Crippen LogP contribution in [0.5, 0.6) is 0 Å². The van der Waals surface area contributed by atoms with Crippen molar-refractivity contribution in [2.24, 2.45) is 0 Å². The highest BCUT2D eigenvalue weighted by molar-refractivity contribution is 5.72. The standard InChI is InChI=1S/C12H13FN4O2/c1-17(7-11(18)19)12-14-10(15-16-12)6-8-2-4-9(13)5-3-8/h2-5H,6-7H2,1H3,(H,18,19)(H,14,15,16). The van der Waals surface area contributed by atoms with Crippen LogP contribution in [0.15, 0.2) is 24.3 Å². The Morgan fingerprint density at radius 1 is 1.42 bits per heavy atom. The van der Waals surface area contributed by atoms with E-state index in [2.05, 4.69) is 15.2 Å². The maximum atomic E-state index is 12.8. The lowest BCUT2D eigenvalue weighted by molar-refractivity contribution is -0.135. The van der Waals surface area contributed by atoms with Gasteiger partial charge in [-0.1, -0.05) is 12.1 Å². The minimum atomic E-state index is -0.951. The second-order valence-corrected chi connectivity index (χ2v) is 4.14. The van der Waals surface area contributed by atoms with Crippen molar-refractivity contribution in [3.63, 3.8) is 0 Å². The summed E-state index contributed by atoms with van der Waals surface area (Å²) >= 11 is 0. The average molecular weight is 264 g/mol. The molecular weight excluding hydrogens is 251 g/mol. The van der Waals surface area contributed by atoms with Gasteiger partial charge in [0, 0.05) is 13.5 Å². The summed E-state index contributed by atoms with van der Waals surface area (Å²) in [5.41, 5.74) is 0.894. The number of carboxylic acids is 1. The maximum Gasteiger partial charge on any atom is 0.323 e. The summed E-state index contributed by atoms with van der Waals surface area (Å²) in [6, 6.07) is 6.09. The van der Waals surface area contributed by atoms with E-state index >= 15 is 0 Å². The van der Waals surface area contributed by atoms with Crippen LogP contribution in [0, 0.1) is 5.82 Å². The highest BCUT2D eigenvalue weighted by Gasteiger charge is 2.11. The normalized spacial score (nSPS) is 10.4. The number of rotatable bonds is 5. The number of halogens is 1. The van der Waals surface area contributed by atoms with E-state index in [4.69, 9.17) is 5.11 Å². The van der Waals surface area contributed by atoms with Crippen LogP contribution < -0.4 is 4.90 Å². The van der Waals surface area contributed by atoms with E-state index in [-0.39, 0.29) is 12.4 Å². The highest BCUT2D eigenvalue weighted by Crippen LogP contribution is 2.10. The third kappa shape index (κ3) is 3.51. The summed E-state index contributed by atoms with van der Waals surface area (Å²) in [6.45, 7) is -0.173. The Morgan fingerprint density at radius 3 is 2.74 bits per heavy atom. The molecule has 7 heteroatoms. The first-order chi connectivity index (χ1) is 9.04. The molecule has 0 aliphatic carbocycles. The molecule has 0 saturated heterocycles. The van der Waals surface area contributed by atoms with Crippen molar-refractivity contribution in [1.29, 1.82) is 0 Å². The smallest absolute Gasteiger partial charge is 0.323 e. The molecule has 0 spiro atoms. The van der Waals surface area contributed by atoms with E-state index < -0.39 is 5.97 Å². The first-order valence-electron chi connectivity index (χ1n) is 5.63. The van der Waals surface area contributed by atoms with Gasteiger partial charge in [-0.15, -0.1) is 5.10 Å². The molecule has 0 aliphatic heterocycles.